The Morgan fingerprint density at radius 3 is 3.00 bits per heavy atom. The fourth-order valence-electron chi connectivity index (χ4n) is 1.77. The molecule has 88 valence electrons. The molecule has 1 aromatic rings. The third-order valence-electron chi connectivity index (χ3n) is 2.64. The monoisotopic (exact) mass is 225 g/mol. The van der Waals surface area contributed by atoms with Crippen molar-refractivity contribution in [3.8, 4) is 5.75 Å². The zero-order valence-corrected chi connectivity index (χ0v) is 9.28. The summed E-state index contributed by atoms with van der Waals surface area (Å²) >= 11 is 0. The van der Waals surface area contributed by atoms with Crippen molar-refractivity contribution in [3.05, 3.63) is 29.6 Å². The molecule has 1 aromatic carbocycles. The Labute approximate surface area is 94.3 Å². The van der Waals surface area contributed by atoms with Crippen molar-refractivity contribution in [1.82, 2.24) is 0 Å². The molecule has 0 radical (unpaired) electrons. The molecular weight excluding hydrogens is 209 g/mol. The Balaban J connectivity index is 2.18. The molecule has 1 unspecified atom stereocenters. The fourth-order valence-corrected chi connectivity index (χ4v) is 1.77. The molecule has 2 atom stereocenters. The van der Waals surface area contributed by atoms with Gasteiger partial charge >= 0.3 is 0 Å². The van der Waals surface area contributed by atoms with Gasteiger partial charge in [0.15, 0.2) is 0 Å². The number of halogens is 1. The summed E-state index contributed by atoms with van der Waals surface area (Å²) < 4.78 is 24.1. The zero-order chi connectivity index (χ0) is 11.5. The molecule has 3 nitrogen and oxygen atoms in total. The van der Waals surface area contributed by atoms with Gasteiger partial charge in [0.1, 0.15) is 17.7 Å². The Kier molecular flexibility index (Phi) is 3.41. The molecule has 0 aliphatic carbocycles. The predicted molar refractivity (Wildman–Crippen MR) is 58.9 cm³/mol. The third kappa shape index (κ3) is 2.51. The molecule has 1 fully saturated rings. The number of hydrogen-bond acceptors (Lipinski definition) is 3. The van der Waals surface area contributed by atoms with Crippen LogP contribution in [0.4, 0.5) is 4.39 Å². The van der Waals surface area contributed by atoms with E-state index in [1.54, 1.807) is 6.07 Å². The van der Waals surface area contributed by atoms with Gasteiger partial charge in [-0.2, -0.15) is 0 Å². The Morgan fingerprint density at radius 1 is 1.56 bits per heavy atom. The summed E-state index contributed by atoms with van der Waals surface area (Å²) in [5.74, 6) is 0.370. The first-order chi connectivity index (χ1) is 7.66. The predicted octanol–water partition coefficient (Wildman–Crippen LogP) is 2.01. The maximum absolute atomic E-state index is 13.1. The minimum Gasteiger partial charge on any atom is -0.488 e. The van der Waals surface area contributed by atoms with E-state index >= 15 is 0 Å². The first-order valence-electron chi connectivity index (χ1n) is 5.46. The van der Waals surface area contributed by atoms with Crippen LogP contribution in [-0.4, -0.2) is 19.3 Å². The van der Waals surface area contributed by atoms with Crippen molar-refractivity contribution in [2.75, 3.05) is 13.2 Å². The van der Waals surface area contributed by atoms with Gasteiger partial charge in [-0.1, -0.05) is 0 Å². The second-order valence-electron chi connectivity index (χ2n) is 4.07. The van der Waals surface area contributed by atoms with Crippen molar-refractivity contribution in [1.29, 1.82) is 0 Å². The van der Waals surface area contributed by atoms with E-state index < -0.39 is 0 Å². The van der Waals surface area contributed by atoms with E-state index in [1.807, 2.05) is 6.92 Å². The lowest BCUT2D eigenvalue weighted by molar-refractivity contribution is 0.140. The molecule has 2 rings (SSSR count). The molecule has 1 heterocycles. The zero-order valence-electron chi connectivity index (χ0n) is 9.28. The minimum atomic E-state index is -0.290. The van der Waals surface area contributed by atoms with Crippen molar-refractivity contribution in [2.24, 2.45) is 5.73 Å². The number of benzene rings is 1. The average Bonchev–Trinajstić information content (AvgIpc) is 2.73. The average molecular weight is 225 g/mol. The lowest BCUT2D eigenvalue weighted by Gasteiger charge is -2.17. The van der Waals surface area contributed by atoms with E-state index in [1.165, 1.54) is 12.1 Å². The third-order valence-corrected chi connectivity index (χ3v) is 2.64. The smallest absolute Gasteiger partial charge is 0.124 e. The highest BCUT2D eigenvalue weighted by Crippen LogP contribution is 2.27. The van der Waals surface area contributed by atoms with E-state index in [2.05, 4.69) is 0 Å². The van der Waals surface area contributed by atoms with Gasteiger partial charge in [0.25, 0.3) is 0 Å². The fraction of sp³-hybridized carbons (Fsp3) is 0.500. The largest absolute Gasteiger partial charge is 0.488 e. The van der Waals surface area contributed by atoms with Crippen LogP contribution in [0.2, 0.25) is 0 Å². The second kappa shape index (κ2) is 4.80. The van der Waals surface area contributed by atoms with Crippen LogP contribution in [-0.2, 0) is 4.74 Å². The van der Waals surface area contributed by atoms with Gasteiger partial charge < -0.3 is 15.2 Å². The molecule has 0 spiro atoms. The molecule has 2 N–H and O–H groups in total. The number of ether oxygens (including phenoxy) is 2. The highest BCUT2D eigenvalue weighted by atomic mass is 19.1. The molecule has 0 amide bonds. The van der Waals surface area contributed by atoms with Gasteiger partial charge in [-0.05, 0) is 25.1 Å². The number of nitrogens with two attached hydrogens (primary N) is 1. The lowest BCUT2D eigenvalue weighted by atomic mass is 10.1. The molecule has 16 heavy (non-hydrogen) atoms. The van der Waals surface area contributed by atoms with E-state index in [-0.39, 0.29) is 18.0 Å². The van der Waals surface area contributed by atoms with Crippen molar-refractivity contribution >= 4 is 0 Å². The van der Waals surface area contributed by atoms with Gasteiger partial charge in [0.05, 0.1) is 13.2 Å². The van der Waals surface area contributed by atoms with E-state index in [4.69, 9.17) is 15.2 Å². The number of hydrogen-bond donors (Lipinski definition) is 1. The van der Waals surface area contributed by atoms with Crippen LogP contribution in [0.3, 0.4) is 0 Å². The van der Waals surface area contributed by atoms with Crippen LogP contribution in [0.5, 0.6) is 5.75 Å². The van der Waals surface area contributed by atoms with Crippen LogP contribution in [0.1, 0.15) is 24.9 Å². The molecule has 4 heteroatoms. The van der Waals surface area contributed by atoms with Gasteiger partial charge in [-0.3, -0.25) is 0 Å². The molecule has 1 saturated heterocycles. The summed E-state index contributed by atoms with van der Waals surface area (Å²) in [7, 11) is 0. The molecule has 1 aliphatic rings. The summed E-state index contributed by atoms with van der Waals surface area (Å²) in [6, 6.07) is 4.20. The van der Waals surface area contributed by atoms with Crippen LogP contribution < -0.4 is 10.5 Å². The maximum atomic E-state index is 13.1. The minimum absolute atomic E-state index is 0.0583. The van der Waals surface area contributed by atoms with Gasteiger partial charge in [0.2, 0.25) is 0 Å². The van der Waals surface area contributed by atoms with Gasteiger partial charge in [-0.25, -0.2) is 4.39 Å². The SMILES string of the molecule is C[C@H](N)c1cc(F)ccc1OC1CCOC1. The van der Waals surface area contributed by atoms with Crippen molar-refractivity contribution in [3.63, 3.8) is 0 Å². The Bertz CT molecular complexity index is 362. The summed E-state index contributed by atoms with van der Waals surface area (Å²) in [6.07, 6.45) is 0.929. The first kappa shape index (κ1) is 11.4. The highest BCUT2D eigenvalue weighted by Gasteiger charge is 2.19. The van der Waals surface area contributed by atoms with Crippen molar-refractivity contribution < 1.29 is 13.9 Å². The van der Waals surface area contributed by atoms with Gasteiger partial charge in [0, 0.05) is 18.0 Å². The molecule has 0 saturated carbocycles. The molecule has 0 aromatic heterocycles. The second-order valence-corrected chi connectivity index (χ2v) is 4.07. The van der Waals surface area contributed by atoms with Gasteiger partial charge in [-0.15, -0.1) is 0 Å². The quantitative estimate of drug-likeness (QED) is 0.855. The molecule has 0 bridgehead atoms. The molecular formula is C12H16FNO2. The lowest BCUT2D eigenvalue weighted by Crippen LogP contribution is -2.18. The highest BCUT2D eigenvalue weighted by molar-refractivity contribution is 5.36. The summed E-state index contributed by atoms with van der Waals surface area (Å²) in [6.45, 7) is 3.13. The van der Waals surface area contributed by atoms with Crippen LogP contribution >= 0.6 is 0 Å². The number of rotatable bonds is 3. The summed E-state index contributed by atoms with van der Waals surface area (Å²) in [5.41, 5.74) is 6.48. The topological polar surface area (TPSA) is 44.5 Å². The van der Waals surface area contributed by atoms with Crippen LogP contribution in [0.15, 0.2) is 18.2 Å². The summed E-state index contributed by atoms with van der Waals surface area (Å²) in [4.78, 5) is 0. The van der Waals surface area contributed by atoms with E-state index in [9.17, 15) is 4.39 Å². The van der Waals surface area contributed by atoms with E-state index in [0.29, 0.717) is 17.9 Å². The Hall–Kier alpha value is -1.13. The first-order valence-corrected chi connectivity index (χ1v) is 5.46. The summed E-state index contributed by atoms with van der Waals surface area (Å²) in [5, 5.41) is 0. The van der Waals surface area contributed by atoms with Crippen LogP contribution in [0, 0.1) is 5.82 Å². The van der Waals surface area contributed by atoms with Crippen LogP contribution in [0.25, 0.3) is 0 Å². The Morgan fingerprint density at radius 2 is 2.38 bits per heavy atom. The molecule has 1 aliphatic heterocycles. The van der Waals surface area contributed by atoms with Crippen molar-refractivity contribution in [2.45, 2.75) is 25.5 Å². The van der Waals surface area contributed by atoms with E-state index in [0.717, 1.165) is 13.0 Å². The normalized spacial score (nSPS) is 22.1. The standard InChI is InChI=1S/C12H16FNO2/c1-8(14)11-6-9(13)2-3-12(11)16-10-4-5-15-7-10/h2-3,6,8,10H,4-5,7,14H2,1H3/t8-,10?/m0/s1. The maximum Gasteiger partial charge on any atom is 0.124 e.